The summed E-state index contributed by atoms with van der Waals surface area (Å²) >= 11 is 0. The maximum absolute atomic E-state index is 10.5. The number of carbonyl (C=O) groups is 4. The molecule has 0 spiro atoms. The molecule has 0 heterocycles. The van der Waals surface area contributed by atoms with Crippen LogP contribution in [0.4, 0.5) is 52.7 Å². The predicted molar refractivity (Wildman–Crippen MR) is 50.0 cm³/mol. The van der Waals surface area contributed by atoms with Crippen molar-refractivity contribution >= 4 is 41.2 Å². The van der Waals surface area contributed by atoms with Crippen LogP contribution in [0.1, 0.15) is 0 Å². The summed E-state index contributed by atoms with van der Waals surface area (Å²) < 4.78 is 126. The predicted octanol–water partition coefficient (Wildman–Crippen LogP) is -6.18. The smallest absolute Gasteiger partial charge is 0.542 e. The molecule has 0 amide bonds. The summed E-state index contributed by atoms with van der Waals surface area (Å²) in [6, 6.07) is 0. The van der Waals surface area contributed by atoms with Crippen molar-refractivity contribution in [3.63, 3.8) is 0 Å². The van der Waals surface area contributed by atoms with E-state index in [1.165, 1.54) is 0 Å². The van der Waals surface area contributed by atoms with Crippen LogP contribution in [0.3, 0.4) is 0 Å². The zero-order valence-electron chi connectivity index (χ0n) is 13.4. The average Bonchev–Trinajstić information content (AvgIpc) is 2.35. The van der Waals surface area contributed by atoms with E-state index in [0.29, 0.717) is 0 Å². The van der Waals surface area contributed by atoms with Gasteiger partial charge in [-0.25, -0.2) is 0 Å². The molecule has 0 aliphatic rings. The molecule has 0 saturated carbocycles. The van der Waals surface area contributed by atoms with Gasteiger partial charge in [0.05, 0.1) is 0 Å². The van der Waals surface area contributed by atoms with Crippen LogP contribution in [0.2, 0.25) is 0 Å². The molecule has 0 saturated heterocycles. The first-order valence-electron chi connectivity index (χ1n) is 4.90. The normalized spacial score (nSPS) is 10.5. The number of aliphatic carboxylic acids is 4. The molecule has 0 bridgehead atoms. The Morgan fingerprint density at radius 1 is 0.400 bits per heavy atom. The van der Waals surface area contributed by atoms with Gasteiger partial charge in [-0.3, -0.25) is 0 Å². The van der Waals surface area contributed by atoms with Gasteiger partial charge < -0.3 is 39.6 Å². The first-order valence-corrected chi connectivity index (χ1v) is 4.90. The molecular formula is C8AlF12LiO8. The standard InChI is InChI=1S/4C2HF3O2.Al.Li/c4*3-2(4,5)1(6)7;;/h4*(H,6,7);;/q;;;;+3;+1/p-4. The zero-order chi connectivity index (χ0) is 24.3. The van der Waals surface area contributed by atoms with E-state index in [1.807, 2.05) is 0 Å². The summed E-state index contributed by atoms with van der Waals surface area (Å²) in [6.07, 6.45) is -20.8. The van der Waals surface area contributed by atoms with Crippen molar-refractivity contribution in [3.8, 4) is 0 Å². The third-order valence-electron chi connectivity index (χ3n) is 0.926. The minimum absolute atomic E-state index is 0. The van der Waals surface area contributed by atoms with E-state index < -0.39 is 48.6 Å². The van der Waals surface area contributed by atoms with Crippen LogP contribution in [0, 0.1) is 0 Å². The monoisotopic (exact) mass is 486 g/mol. The molecule has 0 N–H and O–H groups in total. The second-order valence-electron chi connectivity index (χ2n) is 3.14. The SMILES string of the molecule is O=C([O-])C(F)(F)F.O=C([O-])C(F)(F)F.O=C([O-])C(F)(F)F.O=C([O-])C(F)(F)F.[Al+3].[Li+]. The second-order valence-corrected chi connectivity index (χ2v) is 3.14. The number of halogens is 12. The van der Waals surface area contributed by atoms with Gasteiger partial charge in [0.25, 0.3) is 0 Å². The third-order valence-corrected chi connectivity index (χ3v) is 0.926. The molecule has 0 atom stereocenters. The van der Waals surface area contributed by atoms with Crippen molar-refractivity contribution in [1.29, 1.82) is 0 Å². The van der Waals surface area contributed by atoms with Crippen LogP contribution in [-0.4, -0.2) is 65.9 Å². The Hall–Kier alpha value is -1.83. The molecule has 0 aliphatic heterocycles. The molecule has 0 aromatic carbocycles. The largest absolute Gasteiger partial charge is 3.00 e. The Morgan fingerprint density at radius 2 is 0.433 bits per heavy atom. The number of carbonyl (C=O) groups excluding carboxylic acids is 4. The van der Waals surface area contributed by atoms with E-state index in [-0.39, 0.29) is 36.2 Å². The Bertz CT molecular complexity index is 442. The van der Waals surface area contributed by atoms with Crippen LogP contribution in [0.5, 0.6) is 0 Å². The molecule has 0 aromatic heterocycles. The van der Waals surface area contributed by atoms with Crippen LogP contribution < -0.4 is 39.3 Å². The van der Waals surface area contributed by atoms with Gasteiger partial charge in [-0.15, -0.1) is 0 Å². The van der Waals surface area contributed by atoms with Crippen molar-refractivity contribution in [2.24, 2.45) is 0 Å². The summed E-state index contributed by atoms with van der Waals surface area (Å²) in [5.41, 5.74) is 0. The van der Waals surface area contributed by atoms with E-state index in [0.717, 1.165) is 0 Å². The van der Waals surface area contributed by atoms with Gasteiger partial charge >= 0.3 is 60.9 Å². The summed E-state index contributed by atoms with van der Waals surface area (Å²) in [6.45, 7) is 0. The molecule has 8 nitrogen and oxygen atoms in total. The number of hydrogen-bond donors (Lipinski definition) is 0. The van der Waals surface area contributed by atoms with Gasteiger partial charge in [-0.2, -0.15) is 52.7 Å². The maximum atomic E-state index is 10.5. The molecule has 22 heteroatoms. The molecule has 0 aliphatic carbocycles. The molecule has 30 heavy (non-hydrogen) atoms. The van der Waals surface area contributed by atoms with Gasteiger partial charge in [0.2, 0.25) is 0 Å². The van der Waals surface area contributed by atoms with Crippen molar-refractivity contribution < 1.29 is 111 Å². The second kappa shape index (κ2) is 15.9. The first-order chi connectivity index (χ1) is 11.8. The topological polar surface area (TPSA) is 161 Å². The third kappa shape index (κ3) is 33.7. The first kappa shape index (κ1) is 42.3. The maximum Gasteiger partial charge on any atom is 3.00 e. The van der Waals surface area contributed by atoms with Crippen LogP contribution in [-0.2, 0) is 19.2 Å². The molecule has 168 valence electrons. The Labute approximate surface area is 177 Å². The number of hydrogen-bond acceptors (Lipinski definition) is 8. The van der Waals surface area contributed by atoms with Gasteiger partial charge in [0.15, 0.2) is 0 Å². The quantitative estimate of drug-likeness (QED) is 0.242. The number of carboxylic acid groups (broad SMARTS) is 4. The van der Waals surface area contributed by atoms with Gasteiger partial charge in [0.1, 0.15) is 23.9 Å². The Kier molecular flexibility index (Phi) is 22.5. The molecular weight excluding hydrogens is 486 g/mol. The van der Waals surface area contributed by atoms with Crippen LogP contribution in [0.25, 0.3) is 0 Å². The fraction of sp³-hybridized carbons (Fsp3) is 0.500. The van der Waals surface area contributed by atoms with Crippen molar-refractivity contribution in [2.75, 3.05) is 0 Å². The zero-order valence-corrected chi connectivity index (χ0v) is 14.5. The van der Waals surface area contributed by atoms with Crippen molar-refractivity contribution in [3.05, 3.63) is 0 Å². The van der Waals surface area contributed by atoms with E-state index in [4.69, 9.17) is 39.6 Å². The van der Waals surface area contributed by atoms with Gasteiger partial charge in [0, 0.05) is 0 Å². The summed E-state index contributed by atoms with van der Waals surface area (Å²) in [4.78, 5) is 35.1. The van der Waals surface area contributed by atoms with Crippen LogP contribution >= 0.6 is 0 Å². The Balaban J connectivity index is -0.0000000626. The Morgan fingerprint density at radius 3 is 0.433 bits per heavy atom. The van der Waals surface area contributed by atoms with Crippen LogP contribution in [0.15, 0.2) is 0 Å². The van der Waals surface area contributed by atoms with Gasteiger partial charge in [-0.05, 0) is 0 Å². The minimum Gasteiger partial charge on any atom is -0.542 e. The van der Waals surface area contributed by atoms with E-state index >= 15 is 0 Å². The fourth-order valence-electron chi connectivity index (χ4n) is 0. The average molecular weight is 486 g/mol. The van der Waals surface area contributed by atoms with Crippen molar-refractivity contribution in [1.82, 2.24) is 0 Å². The fourth-order valence-corrected chi connectivity index (χ4v) is 0. The summed E-state index contributed by atoms with van der Waals surface area (Å²) in [5, 5.41) is 35.1. The molecule has 0 unspecified atom stereocenters. The van der Waals surface area contributed by atoms with E-state index in [1.54, 1.807) is 0 Å². The van der Waals surface area contributed by atoms with E-state index in [2.05, 4.69) is 0 Å². The number of rotatable bonds is 0. The summed E-state index contributed by atoms with van der Waals surface area (Å²) in [5.74, 6) is -12.0. The van der Waals surface area contributed by atoms with Crippen molar-refractivity contribution in [2.45, 2.75) is 24.7 Å². The molecule has 0 fully saturated rings. The van der Waals surface area contributed by atoms with E-state index in [9.17, 15) is 52.7 Å². The molecule has 0 rings (SSSR count). The number of carboxylic acids is 4. The minimum atomic E-state index is -5.19. The van der Waals surface area contributed by atoms with Gasteiger partial charge in [-0.1, -0.05) is 0 Å². The molecule has 0 radical (unpaired) electrons. The summed E-state index contributed by atoms with van der Waals surface area (Å²) in [7, 11) is 0. The number of alkyl halides is 12. The molecule has 0 aromatic rings.